The third-order valence-electron chi connectivity index (χ3n) is 3.41. The molecule has 104 valence electrons. The van der Waals surface area contributed by atoms with E-state index >= 15 is 0 Å². The smallest absolute Gasteiger partial charge is 0.207 e. The Morgan fingerprint density at radius 1 is 1.35 bits per heavy atom. The second kappa shape index (κ2) is 4.63. The first kappa shape index (κ1) is 13.2. The van der Waals surface area contributed by atoms with Gasteiger partial charge in [0, 0.05) is 11.5 Å². The lowest BCUT2D eigenvalue weighted by Crippen LogP contribution is -2.05. The van der Waals surface area contributed by atoms with Crippen LogP contribution in [0.4, 0.5) is 5.95 Å². The highest BCUT2D eigenvalue weighted by Gasteiger charge is 2.19. The average molecular weight is 334 g/mol. The Bertz CT molecular complexity index is 800. The molecular weight excluding hydrogens is 318 g/mol. The molecule has 0 amide bonds. The number of anilines is 1. The first-order chi connectivity index (χ1) is 9.52. The maximum absolute atomic E-state index is 6.13. The molecule has 0 bridgehead atoms. The third kappa shape index (κ3) is 1.83. The van der Waals surface area contributed by atoms with Crippen molar-refractivity contribution in [3.8, 4) is 5.69 Å². The van der Waals surface area contributed by atoms with Crippen molar-refractivity contribution in [2.45, 2.75) is 20.3 Å². The number of hydrogen-bond acceptors (Lipinski definition) is 3. The molecule has 0 atom stereocenters. The minimum Gasteiger partial charge on any atom is -0.369 e. The molecule has 3 aromatic rings. The monoisotopic (exact) mass is 333 g/mol. The van der Waals surface area contributed by atoms with E-state index < -0.39 is 0 Å². The van der Waals surface area contributed by atoms with E-state index in [9.17, 15) is 0 Å². The third-order valence-corrected chi connectivity index (χ3v) is 4.08. The van der Waals surface area contributed by atoms with Crippen LogP contribution >= 0.6 is 15.9 Å². The molecule has 2 N–H and O–H groups in total. The van der Waals surface area contributed by atoms with Gasteiger partial charge in [0.2, 0.25) is 5.95 Å². The second-order valence-corrected chi connectivity index (χ2v) is 5.71. The minimum absolute atomic E-state index is 0.481. The number of nitrogens with two attached hydrogens (primary N) is 1. The summed E-state index contributed by atoms with van der Waals surface area (Å²) in [6.07, 6.45) is 0.836. The molecule has 3 rings (SSSR count). The lowest BCUT2D eigenvalue weighted by molar-refractivity contribution is 0.751. The Hall–Kier alpha value is -1.82. The predicted molar refractivity (Wildman–Crippen MR) is 84.1 cm³/mol. The van der Waals surface area contributed by atoms with Crippen molar-refractivity contribution < 1.29 is 0 Å². The van der Waals surface area contributed by atoms with E-state index in [1.807, 2.05) is 22.4 Å². The van der Waals surface area contributed by atoms with Crippen LogP contribution in [0.2, 0.25) is 0 Å². The minimum atomic E-state index is 0.481. The molecule has 2 heterocycles. The Balaban J connectivity index is 2.39. The summed E-state index contributed by atoms with van der Waals surface area (Å²) in [6.45, 7) is 4.13. The number of nitrogen functional groups attached to an aromatic ring is 1. The lowest BCUT2D eigenvalue weighted by Gasteiger charge is -2.10. The zero-order valence-corrected chi connectivity index (χ0v) is 13.3. The Labute approximate surface area is 125 Å². The van der Waals surface area contributed by atoms with Gasteiger partial charge in [0.15, 0.2) is 5.65 Å². The van der Waals surface area contributed by atoms with Gasteiger partial charge in [-0.15, -0.1) is 0 Å². The quantitative estimate of drug-likeness (QED) is 0.784. The van der Waals surface area contributed by atoms with Gasteiger partial charge in [-0.25, -0.2) is 9.67 Å². The average Bonchev–Trinajstić information content (AvgIpc) is 2.90. The summed E-state index contributed by atoms with van der Waals surface area (Å²) in [7, 11) is 1.92. The molecule has 1 aromatic carbocycles. The summed E-state index contributed by atoms with van der Waals surface area (Å²) in [4.78, 5) is 4.49. The fourth-order valence-corrected chi connectivity index (χ4v) is 2.89. The van der Waals surface area contributed by atoms with Crippen molar-refractivity contribution in [3.63, 3.8) is 0 Å². The van der Waals surface area contributed by atoms with E-state index in [0.29, 0.717) is 5.95 Å². The van der Waals surface area contributed by atoms with E-state index in [1.54, 1.807) is 0 Å². The highest BCUT2D eigenvalue weighted by Crippen LogP contribution is 2.30. The van der Waals surface area contributed by atoms with Crippen molar-refractivity contribution in [1.82, 2.24) is 19.3 Å². The first-order valence-electron chi connectivity index (χ1n) is 6.49. The van der Waals surface area contributed by atoms with Crippen molar-refractivity contribution in [2.75, 3.05) is 5.73 Å². The van der Waals surface area contributed by atoms with Gasteiger partial charge in [0.25, 0.3) is 0 Å². The first-order valence-corrected chi connectivity index (χ1v) is 7.28. The summed E-state index contributed by atoms with van der Waals surface area (Å²) in [6, 6.07) is 6.16. The molecule has 0 radical (unpaired) electrons. The number of fused-ring (bicyclic) bond motifs is 1. The molecule has 0 unspecified atom stereocenters. The Kier molecular flexibility index (Phi) is 3.05. The number of nitrogens with zero attached hydrogens (tertiary/aromatic N) is 4. The van der Waals surface area contributed by atoms with Crippen molar-refractivity contribution in [3.05, 3.63) is 33.9 Å². The molecular formula is C14H16BrN5. The predicted octanol–water partition coefficient (Wildman–Crippen LogP) is 2.97. The van der Waals surface area contributed by atoms with Crippen LogP contribution < -0.4 is 5.73 Å². The molecule has 2 aromatic heterocycles. The lowest BCUT2D eigenvalue weighted by atomic mass is 10.2. The van der Waals surface area contributed by atoms with Crippen LogP contribution in [0.5, 0.6) is 0 Å². The van der Waals surface area contributed by atoms with E-state index in [4.69, 9.17) is 5.73 Å². The van der Waals surface area contributed by atoms with Gasteiger partial charge in [-0.2, -0.15) is 5.10 Å². The van der Waals surface area contributed by atoms with Crippen LogP contribution in [0.1, 0.15) is 18.2 Å². The molecule has 20 heavy (non-hydrogen) atoms. The summed E-state index contributed by atoms with van der Waals surface area (Å²) in [5, 5.41) is 4.51. The van der Waals surface area contributed by atoms with Crippen molar-refractivity contribution in [1.29, 1.82) is 0 Å². The van der Waals surface area contributed by atoms with Gasteiger partial charge in [-0.3, -0.25) is 4.57 Å². The summed E-state index contributed by atoms with van der Waals surface area (Å²) in [5.74, 6) is 0.481. The summed E-state index contributed by atoms with van der Waals surface area (Å²) in [5.41, 5.74) is 11.0. The Morgan fingerprint density at radius 3 is 2.80 bits per heavy atom. The van der Waals surface area contributed by atoms with Crippen molar-refractivity contribution >= 4 is 33.0 Å². The highest BCUT2D eigenvalue weighted by atomic mass is 79.9. The van der Waals surface area contributed by atoms with Gasteiger partial charge in [-0.05, 0) is 47.0 Å². The fraction of sp³-hybridized carbons (Fsp3) is 0.286. The van der Waals surface area contributed by atoms with Gasteiger partial charge in [0.05, 0.1) is 11.4 Å². The standard InChI is InChI=1S/C14H16BrN5/c1-4-10-12-13(19(3)18-10)20(14(16)17-12)11-7-8(2)5-6-9(11)15/h5-7H,4H2,1-3H3,(H2,16,17). The summed E-state index contributed by atoms with van der Waals surface area (Å²) >= 11 is 3.59. The molecule has 0 spiro atoms. The Morgan fingerprint density at radius 2 is 2.10 bits per heavy atom. The van der Waals surface area contributed by atoms with E-state index in [2.05, 4.69) is 52.0 Å². The highest BCUT2D eigenvalue weighted by molar-refractivity contribution is 9.10. The molecule has 0 aliphatic carbocycles. The number of rotatable bonds is 2. The molecule has 5 nitrogen and oxygen atoms in total. The van der Waals surface area contributed by atoms with E-state index in [0.717, 1.165) is 33.4 Å². The number of halogens is 1. The largest absolute Gasteiger partial charge is 0.369 e. The zero-order chi connectivity index (χ0) is 14.4. The van der Waals surface area contributed by atoms with Crippen LogP contribution in [-0.4, -0.2) is 19.3 Å². The molecule has 0 saturated heterocycles. The van der Waals surface area contributed by atoms with Crippen LogP contribution in [0.3, 0.4) is 0 Å². The van der Waals surface area contributed by atoms with Gasteiger partial charge in [0.1, 0.15) is 5.52 Å². The fourth-order valence-electron chi connectivity index (χ4n) is 2.47. The van der Waals surface area contributed by atoms with E-state index in [1.165, 1.54) is 5.56 Å². The number of benzene rings is 1. The van der Waals surface area contributed by atoms with Gasteiger partial charge >= 0.3 is 0 Å². The van der Waals surface area contributed by atoms with Gasteiger partial charge < -0.3 is 5.73 Å². The zero-order valence-electron chi connectivity index (χ0n) is 11.7. The maximum Gasteiger partial charge on any atom is 0.207 e. The number of aromatic nitrogens is 4. The second-order valence-electron chi connectivity index (χ2n) is 4.86. The van der Waals surface area contributed by atoms with Crippen LogP contribution in [-0.2, 0) is 13.5 Å². The van der Waals surface area contributed by atoms with Crippen LogP contribution in [0.25, 0.3) is 16.9 Å². The van der Waals surface area contributed by atoms with Crippen LogP contribution in [0.15, 0.2) is 22.7 Å². The molecule has 6 heteroatoms. The number of imidazole rings is 1. The molecule has 0 aliphatic heterocycles. The SMILES string of the molecule is CCc1nn(C)c2c1nc(N)n2-c1cc(C)ccc1Br. The molecule has 0 aliphatic rings. The normalized spacial score (nSPS) is 11.4. The van der Waals surface area contributed by atoms with Crippen LogP contribution in [0, 0.1) is 6.92 Å². The number of aryl methyl sites for hydroxylation is 3. The number of hydrogen-bond donors (Lipinski definition) is 1. The van der Waals surface area contributed by atoms with E-state index in [-0.39, 0.29) is 0 Å². The molecule has 0 saturated carbocycles. The topological polar surface area (TPSA) is 61.7 Å². The molecule has 0 fully saturated rings. The van der Waals surface area contributed by atoms with Crippen molar-refractivity contribution in [2.24, 2.45) is 7.05 Å². The summed E-state index contributed by atoms with van der Waals surface area (Å²) < 4.78 is 4.76. The maximum atomic E-state index is 6.13. The van der Waals surface area contributed by atoms with Gasteiger partial charge in [-0.1, -0.05) is 13.0 Å².